The number of aromatic nitrogens is 1. The fraction of sp³-hybridized carbons (Fsp3) is 0.333. The highest BCUT2D eigenvalue weighted by atomic mass is 32.1. The zero-order valence-corrected chi connectivity index (χ0v) is 14.8. The minimum atomic E-state index is -0.0430. The van der Waals surface area contributed by atoms with Crippen LogP contribution in [0.1, 0.15) is 23.6 Å². The number of rotatable bonds is 9. The van der Waals surface area contributed by atoms with Gasteiger partial charge in [-0.15, -0.1) is 11.3 Å². The highest BCUT2D eigenvalue weighted by Crippen LogP contribution is 2.25. The van der Waals surface area contributed by atoms with Crippen LogP contribution < -0.4 is 5.32 Å². The smallest absolute Gasteiger partial charge is 0.226 e. The number of aryl methyl sites for hydroxylation is 1. The van der Waals surface area contributed by atoms with Gasteiger partial charge in [-0.1, -0.05) is 0 Å². The molecule has 132 valence electrons. The monoisotopic (exact) mass is 360 g/mol. The summed E-state index contributed by atoms with van der Waals surface area (Å²) >= 11 is 1.48. The van der Waals surface area contributed by atoms with E-state index in [1.165, 1.54) is 11.3 Å². The van der Waals surface area contributed by atoms with Gasteiger partial charge in [0.2, 0.25) is 5.91 Å². The van der Waals surface area contributed by atoms with Crippen LogP contribution in [0.25, 0.3) is 10.8 Å². The van der Waals surface area contributed by atoms with Crippen molar-refractivity contribution in [2.75, 3.05) is 13.2 Å². The second-order valence-electron chi connectivity index (χ2n) is 5.57. The largest absolute Gasteiger partial charge is 0.467 e. The van der Waals surface area contributed by atoms with Gasteiger partial charge in [0.15, 0.2) is 10.8 Å². The number of hydrogen-bond donors (Lipinski definition) is 1. The normalized spacial score (nSPS) is 10.9. The zero-order chi connectivity index (χ0) is 17.5. The summed E-state index contributed by atoms with van der Waals surface area (Å²) in [6.07, 6.45) is 2.64. The molecule has 0 aliphatic rings. The number of thiazole rings is 1. The van der Waals surface area contributed by atoms with E-state index in [0.717, 1.165) is 34.4 Å². The summed E-state index contributed by atoms with van der Waals surface area (Å²) < 4.78 is 16.2. The van der Waals surface area contributed by atoms with Gasteiger partial charge >= 0.3 is 0 Å². The molecule has 0 unspecified atom stereocenters. The van der Waals surface area contributed by atoms with E-state index in [0.29, 0.717) is 19.8 Å². The SMILES string of the molecule is Cc1ccc(-c2nc(CC(=O)NCCCOCc3ccco3)cs2)o1. The number of ether oxygens (including phenoxy) is 1. The van der Waals surface area contributed by atoms with Crippen LogP contribution >= 0.6 is 11.3 Å². The molecule has 3 aromatic rings. The van der Waals surface area contributed by atoms with Crippen molar-refractivity contribution in [2.45, 2.75) is 26.4 Å². The van der Waals surface area contributed by atoms with Crippen molar-refractivity contribution in [2.24, 2.45) is 0 Å². The van der Waals surface area contributed by atoms with Crippen molar-refractivity contribution in [3.05, 3.63) is 53.1 Å². The lowest BCUT2D eigenvalue weighted by atomic mass is 10.3. The summed E-state index contributed by atoms with van der Waals surface area (Å²) in [7, 11) is 0. The molecular weight excluding hydrogens is 340 g/mol. The number of nitrogens with zero attached hydrogens (tertiary/aromatic N) is 1. The first-order chi connectivity index (χ1) is 12.2. The van der Waals surface area contributed by atoms with Crippen molar-refractivity contribution in [3.63, 3.8) is 0 Å². The molecule has 3 rings (SSSR count). The number of hydrogen-bond acceptors (Lipinski definition) is 6. The lowest BCUT2D eigenvalue weighted by Gasteiger charge is -2.04. The first-order valence-electron chi connectivity index (χ1n) is 8.09. The third-order valence-electron chi connectivity index (χ3n) is 3.46. The van der Waals surface area contributed by atoms with Crippen LogP contribution in [0.4, 0.5) is 0 Å². The predicted molar refractivity (Wildman–Crippen MR) is 94.2 cm³/mol. The predicted octanol–water partition coefficient (Wildman–Crippen LogP) is 3.57. The van der Waals surface area contributed by atoms with Crippen molar-refractivity contribution in [3.8, 4) is 10.8 Å². The van der Waals surface area contributed by atoms with E-state index in [4.69, 9.17) is 13.6 Å². The average Bonchev–Trinajstić information content (AvgIpc) is 3.32. The molecule has 3 aromatic heterocycles. The van der Waals surface area contributed by atoms with Crippen molar-refractivity contribution >= 4 is 17.2 Å². The van der Waals surface area contributed by atoms with Crippen molar-refractivity contribution in [1.82, 2.24) is 10.3 Å². The Morgan fingerprint density at radius 2 is 2.28 bits per heavy atom. The van der Waals surface area contributed by atoms with E-state index in [9.17, 15) is 4.79 Å². The molecule has 0 saturated heterocycles. The Kier molecular flexibility index (Phi) is 6.03. The maximum absolute atomic E-state index is 12.0. The number of furan rings is 2. The van der Waals surface area contributed by atoms with Gasteiger partial charge in [-0.3, -0.25) is 4.79 Å². The number of amides is 1. The fourth-order valence-corrected chi connectivity index (χ4v) is 3.03. The molecule has 0 aromatic carbocycles. The lowest BCUT2D eigenvalue weighted by molar-refractivity contribution is -0.120. The van der Waals surface area contributed by atoms with Gasteiger partial charge < -0.3 is 18.9 Å². The van der Waals surface area contributed by atoms with Crippen LogP contribution in [-0.2, 0) is 22.6 Å². The molecule has 0 spiro atoms. The number of carbonyl (C=O) groups is 1. The first kappa shape index (κ1) is 17.4. The minimum absolute atomic E-state index is 0.0430. The maximum Gasteiger partial charge on any atom is 0.226 e. The molecule has 0 saturated carbocycles. The topological polar surface area (TPSA) is 77.5 Å². The standard InChI is InChI=1S/C18H20N2O4S/c1-13-5-6-16(24-13)18-20-14(12-25-18)10-17(21)19-7-3-8-22-11-15-4-2-9-23-15/h2,4-6,9,12H,3,7-8,10-11H2,1H3,(H,19,21). The molecule has 3 heterocycles. The van der Waals surface area contributed by atoms with Gasteiger partial charge in [-0.05, 0) is 37.6 Å². The molecule has 0 atom stereocenters. The Labute approximate surface area is 149 Å². The van der Waals surface area contributed by atoms with Gasteiger partial charge in [-0.25, -0.2) is 4.98 Å². The summed E-state index contributed by atoms with van der Waals surface area (Å²) in [5.41, 5.74) is 0.751. The molecule has 0 radical (unpaired) electrons. The molecule has 25 heavy (non-hydrogen) atoms. The molecule has 7 heteroatoms. The summed E-state index contributed by atoms with van der Waals surface area (Å²) in [5.74, 6) is 2.34. The van der Waals surface area contributed by atoms with E-state index in [-0.39, 0.29) is 12.3 Å². The lowest BCUT2D eigenvalue weighted by Crippen LogP contribution is -2.26. The molecule has 0 aliphatic carbocycles. The quantitative estimate of drug-likeness (QED) is 0.590. The zero-order valence-electron chi connectivity index (χ0n) is 14.0. The van der Waals surface area contributed by atoms with Crippen LogP contribution in [0.2, 0.25) is 0 Å². The Bertz CT molecular complexity index is 792. The van der Waals surface area contributed by atoms with Crippen molar-refractivity contribution < 1.29 is 18.4 Å². The Morgan fingerprint density at radius 3 is 3.04 bits per heavy atom. The molecular formula is C18H20N2O4S. The highest BCUT2D eigenvalue weighted by Gasteiger charge is 2.11. The molecule has 1 amide bonds. The molecule has 0 fully saturated rings. The molecule has 0 bridgehead atoms. The average molecular weight is 360 g/mol. The number of carbonyl (C=O) groups excluding carboxylic acids is 1. The van der Waals surface area contributed by atoms with Gasteiger partial charge in [0, 0.05) is 18.5 Å². The van der Waals surface area contributed by atoms with E-state index in [1.807, 2.05) is 36.6 Å². The minimum Gasteiger partial charge on any atom is -0.467 e. The summed E-state index contributed by atoms with van der Waals surface area (Å²) in [4.78, 5) is 16.4. The van der Waals surface area contributed by atoms with Crippen LogP contribution in [-0.4, -0.2) is 24.0 Å². The van der Waals surface area contributed by atoms with Gasteiger partial charge in [0.05, 0.1) is 18.4 Å². The van der Waals surface area contributed by atoms with E-state index in [1.54, 1.807) is 6.26 Å². The summed E-state index contributed by atoms with van der Waals surface area (Å²) in [5, 5.41) is 5.56. The Morgan fingerprint density at radius 1 is 1.36 bits per heavy atom. The maximum atomic E-state index is 12.0. The molecule has 1 N–H and O–H groups in total. The Balaban J connectivity index is 1.33. The summed E-state index contributed by atoms with van der Waals surface area (Å²) in [6.45, 7) is 3.49. The van der Waals surface area contributed by atoms with Gasteiger partial charge in [-0.2, -0.15) is 0 Å². The highest BCUT2D eigenvalue weighted by molar-refractivity contribution is 7.13. The van der Waals surface area contributed by atoms with Crippen LogP contribution in [0, 0.1) is 6.92 Å². The third-order valence-corrected chi connectivity index (χ3v) is 4.36. The molecule has 6 nitrogen and oxygen atoms in total. The second-order valence-corrected chi connectivity index (χ2v) is 6.42. The van der Waals surface area contributed by atoms with Gasteiger partial charge in [0.25, 0.3) is 0 Å². The van der Waals surface area contributed by atoms with Crippen molar-refractivity contribution in [1.29, 1.82) is 0 Å². The van der Waals surface area contributed by atoms with Crippen LogP contribution in [0.3, 0.4) is 0 Å². The van der Waals surface area contributed by atoms with E-state index in [2.05, 4.69) is 10.3 Å². The van der Waals surface area contributed by atoms with Gasteiger partial charge in [0.1, 0.15) is 18.1 Å². The molecule has 0 aliphatic heterocycles. The van der Waals surface area contributed by atoms with E-state index < -0.39 is 0 Å². The summed E-state index contributed by atoms with van der Waals surface area (Å²) in [6, 6.07) is 7.49. The fourth-order valence-electron chi connectivity index (χ4n) is 2.25. The third kappa shape index (κ3) is 5.30. The van der Waals surface area contributed by atoms with E-state index >= 15 is 0 Å². The number of nitrogens with one attached hydrogen (secondary N) is 1. The van der Waals surface area contributed by atoms with Crippen LogP contribution in [0.5, 0.6) is 0 Å². The first-order valence-corrected chi connectivity index (χ1v) is 8.97. The van der Waals surface area contributed by atoms with Crippen LogP contribution in [0.15, 0.2) is 44.7 Å². The Hall–Kier alpha value is -2.38. The second kappa shape index (κ2) is 8.64.